The van der Waals surface area contributed by atoms with Crippen molar-refractivity contribution in [2.75, 3.05) is 38.2 Å². The molecule has 0 unspecified atom stereocenters. The Morgan fingerprint density at radius 3 is 2.36 bits per heavy atom. The molecule has 1 fully saturated rings. The first-order chi connectivity index (χ1) is 19.1. The standard InChI is InChI=1S/C34H35N3O2/c1-35-30-14-6-5-12-28(30)29(34(35)27-19-18-25-10-3-4-11-26(25)24-27)13-9-17-33(38)37-22-20-36(21-23-37)31-15-7-8-16-32(31)39-2/h3-8,10-12,14-16,18-19,24H,9,13,17,20-23H2,1-2H3. The second-order valence-electron chi connectivity index (χ2n) is 10.4. The van der Waals surface area contributed by atoms with Crippen molar-refractivity contribution in [2.24, 2.45) is 7.05 Å². The number of anilines is 1. The highest BCUT2D eigenvalue weighted by Gasteiger charge is 2.23. The molecule has 0 saturated carbocycles. The molecule has 1 saturated heterocycles. The first kappa shape index (κ1) is 25.1. The van der Waals surface area contributed by atoms with Crippen LogP contribution in [0.15, 0.2) is 91.0 Å². The van der Waals surface area contributed by atoms with Gasteiger partial charge in [-0.1, -0.05) is 66.7 Å². The van der Waals surface area contributed by atoms with E-state index < -0.39 is 0 Å². The number of carbonyl (C=O) groups excluding carboxylic acids is 1. The van der Waals surface area contributed by atoms with Gasteiger partial charge in [-0.05, 0) is 59.0 Å². The average Bonchev–Trinajstić information content (AvgIpc) is 3.28. The molecule has 5 nitrogen and oxygen atoms in total. The quantitative estimate of drug-likeness (QED) is 0.242. The van der Waals surface area contributed by atoms with E-state index in [0.29, 0.717) is 6.42 Å². The van der Waals surface area contributed by atoms with E-state index >= 15 is 0 Å². The lowest BCUT2D eigenvalue weighted by Gasteiger charge is -2.36. The monoisotopic (exact) mass is 517 g/mol. The summed E-state index contributed by atoms with van der Waals surface area (Å²) in [6.07, 6.45) is 2.27. The Balaban J connectivity index is 1.16. The highest BCUT2D eigenvalue weighted by Crippen LogP contribution is 2.35. The molecule has 0 N–H and O–H groups in total. The largest absolute Gasteiger partial charge is 0.495 e. The Labute approximate surface area is 230 Å². The summed E-state index contributed by atoms with van der Waals surface area (Å²) in [5.41, 5.74) is 6.14. The summed E-state index contributed by atoms with van der Waals surface area (Å²) in [4.78, 5) is 17.5. The van der Waals surface area contributed by atoms with Crippen LogP contribution in [0.25, 0.3) is 32.9 Å². The lowest BCUT2D eigenvalue weighted by atomic mass is 9.98. The van der Waals surface area contributed by atoms with Gasteiger partial charge in [0.1, 0.15) is 5.75 Å². The minimum atomic E-state index is 0.252. The predicted molar refractivity (Wildman–Crippen MR) is 161 cm³/mol. The minimum Gasteiger partial charge on any atom is -0.495 e. The smallest absolute Gasteiger partial charge is 0.222 e. The van der Waals surface area contributed by atoms with Crippen LogP contribution in [0.1, 0.15) is 18.4 Å². The highest BCUT2D eigenvalue weighted by molar-refractivity contribution is 5.94. The Hall–Kier alpha value is -4.25. The maximum atomic E-state index is 13.2. The van der Waals surface area contributed by atoms with Crippen LogP contribution < -0.4 is 9.64 Å². The molecule has 0 spiro atoms. The number of fused-ring (bicyclic) bond motifs is 2. The fraction of sp³-hybridized carbons (Fsp3) is 0.265. The van der Waals surface area contributed by atoms with Gasteiger partial charge in [0, 0.05) is 50.6 Å². The molecule has 5 aromatic rings. The third kappa shape index (κ3) is 4.85. The van der Waals surface area contributed by atoms with E-state index in [0.717, 1.165) is 50.5 Å². The molecular weight excluding hydrogens is 482 g/mol. The molecule has 1 aromatic heterocycles. The van der Waals surface area contributed by atoms with Gasteiger partial charge in [-0.3, -0.25) is 4.79 Å². The summed E-state index contributed by atoms with van der Waals surface area (Å²) in [5.74, 6) is 1.14. The number of para-hydroxylation sites is 3. The van der Waals surface area contributed by atoms with E-state index in [9.17, 15) is 4.79 Å². The Bertz CT molecular complexity index is 1630. The summed E-state index contributed by atoms with van der Waals surface area (Å²) in [6.45, 7) is 3.13. The first-order valence-corrected chi connectivity index (χ1v) is 13.9. The van der Waals surface area contributed by atoms with Crippen LogP contribution >= 0.6 is 0 Å². The zero-order valence-electron chi connectivity index (χ0n) is 22.8. The molecule has 6 rings (SSSR count). The first-order valence-electron chi connectivity index (χ1n) is 13.9. The molecule has 39 heavy (non-hydrogen) atoms. The second kappa shape index (κ2) is 10.9. The van der Waals surface area contributed by atoms with Crippen LogP contribution in [-0.4, -0.2) is 48.7 Å². The van der Waals surface area contributed by atoms with Crippen LogP contribution in [-0.2, 0) is 18.3 Å². The van der Waals surface area contributed by atoms with Gasteiger partial charge < -0.3 is 19.1 Å². The van der Waals surface area contributed by atoms with Gasteiger partial charge in [0.25, 0.3) is 0 Å². The number of rotatable bonds is 7. The lowest BCUT2D eigenvalue weighted by Crippen LogP contribution is -2.48. The van der Waals surface area contributed by atoms with Crippen LogP contribution in [0.5, 0.6) is 5.75 Å². The number of carbonyl (C=O) groups is 1. The molecule has 1 aliphatic rings. The van der Waals surface area contributed by atoms with Gasteiger partial charge in [-0.25, -0.2) is 0 Å². The van der Waals surface area contributed by atoms with E-state index in [1.165, 1.54) is 38.5 Å². The number of hydrogen-bond donors (Lipinski definition) is 0. The number of amides is 1. The molecular formula is C34H35N3O2. The van der Waals surface area contributed by atoms with E-state index in [1.807, 2.05) is 23.1 Å². The molecule has 2 heterocycles. The summed E-state index contributed by atoms with van der Waals surface area (Å²) >= 11 is 0. The van der Waals surface area contributed by atoms with Crippen LogP contribution in [0.3, 0.4) is 0 Å². The molecule has 5 heteroatoms. The second-order valence-corrected chi connectivity index (χ2v) is 10.4. The Morgan fingerprint density at radius 1 is 0.821 bits per heavy atom. The number of aryl methyl sites for hydroxylation is 2. The number of nitrogens with zero attached hydrogens (tertiary/aromatic N) is 3. The van der Waals surface area contributed by atoms with E-state index in [4.69, 9.17) is 4.74 Å². The Morgan fingerprint density at radius 2 is 1.54 bits per heavy atom. The summed E-state index contributed by atoms with van der Waals surface area (Å²) in [7, 11) is 3.86. The summed E-state index contributed by atoms with van der Waals surface area (Å²) in [5, 5.41) is 3.77. The topological polar surface area (TPSA) is 37.7 Å². The van der Waals surface area contributed by atoms with Crippen LogP contribution in [0, 0.1) is 0 Å². The summed E-state index contributed by atoms with van der Waals surface area (Å²) < 4.78 is 7.85. The predicted octanol–water partition coefficient (Wildman–Crippen LogP) is 6.68. The zero-order valence-corrected chi connectivity index (χ0v) is 22.8. The minimum absolute atomic E-state index is 0.252. The normalized spacial score (nSPS) is 13.8. The van der Waals surface area contributed by atoms with Crippen molar-refractivity contribution in [1.29, 1.82) is 0 Å². The van der Waals surface area contributed by atoms with Gasteiger partial charge in [0.2, 0.25) is 5.91 Å². The fourth-order valence-electron chi connectivity index (χ4n) is 6.09. The van der Waals surface area contributed by atoms with Crippen LogP contribution in [0.4, 0.5) is 5.69 Å². The third-order valence-corrected chi connectivity index (χ3v) is 8.11. The third-order valence-electron chi connectivity index (χ3n) is 8.11. The molecule has 0 atom stereocenters. The van der Waals surface area contributed by atoms with E-state index in [1.54, 1.807) is 7.11 Å². The van der Waals surface area contributed by atoms with Crippen molar-refractivity contribution in [1.82, 2.24) is 9.47 Å². The lowest BCUT2D eigenvalue weighted by molar-refractivity contribution is -0.131. The molecule has 0 aliphatic carbocycles. The molecule has 1 aliphatic heterocycles. The average molecular weight is 518 g/mol. The van der Waals surface area contributed by atoms with Crippen LogP contribution in [0.2, 0.25) is 0 Å². The number of piperazine rings is 1. The van der Waals surface area contributed by atoms with Crippen molar-refractivity contribution in [2.45, 2.75) is 19.3 Å². The van der Waals surface area contributed by atoms with Gasteiger partial charge in [-0.2, -0.15) is 0 Å². The number of ether oxygens (including phenoxy) is 1. The van der Waals surface area contributed by atoms with E-state index in [-0.39, 0.29) is 5.91 Å². The Kier molecular flexibility index (Phi) is 6.97. The van der Waals surface area contributed by atoms with Gasteiger partial charge in [0.15, 0.2) is 0 Å². The van der Waals surface area contributed by atoms with Crippen molar-refractivity contribution in [3.63, 3.8) is 0 Å². The molecule has 198 valence electrons. The van der Waals surface area contributed by atoms with Crippen molar-refractivity contribution in [3.05, 3.63) is 96.6 Å². The molecule has 4 aromatic carbocycles. The number of aromatic nitrogens is 1. The van der Waals surface area contributed by atoms with Crippen molar-refractivity contribution >= 4 is 33.3 Å². The maximum absolute atomic E-state index is 13.2. The molecule has 0 radical (unpaired) electrons. The number of benzene rings is 4. The molecule has 1 amide bonds. The van der Waals surface area contributed by atoms with Crippen molar-refractivity contribution < 1.29 is 9.53 Å². The van der Waals surface area contributed by atoms with Gasteiger partial charge in [-0.15, -0.1) is 0 Å². The zero-order chi connectivity index (χ0) is 26.8. The number of hydrogen-bond acceptors (Lipinski definition) is 3. The fourth-order valence-corrected chi connectivity index (χ4v) is 6.09. The summed E-state index contributed by atoms with van der Waals surface area (Å²) in [6, 6.07) is 32.0. The SMILES string of the molecule is COc1ccccc1N1CCN(C(=O)CCCc2c(-c3ccc4ccccc4c3)n(C)c3ccccc23)CC1. The van der Waals surface area contributed by atoms with Crippen molar-refractivity contribution in [3.8, 4) is 17.0 Å². The molecule has 0 bridgehead atoms. The highest BCUT2D eigenvalue weighted by atomic mass is 16.5. The van der Waals surface area contributed by atoms with Gasteiger partial charge >= 0.3 is 0 Å². The van der Waals surface area contributed by atoms with Gasteiger partial charge in [0.05, 0.1) is 18.5 Å². The maximum Gasteiger partial charge on any atom is 0.222 e. The van der Waals surface area contributed by atoms with E-state index in [2.05, 4.69) is 89.3 Å². The number of methoxy groups -OCH3 is 1.